The van der Waals surface area contributed by atoms with Gasteiger partial charge in [0, 0.05) is 17.1 Å². The summed E-state index contributed by atoms with van der Waals surface area (Å²) in [6.07, 6.45) is 0. The van der Waals surface area contributed by atoms with Gasteiger partial charge >= 0.3 is 0 Å². The lowest BCUT2D eigenvalue weighted by molar-refractivity contribution is 0.0951. The number of amides is 1. The fraction of sp³-hybridized carbons (Fsp3) is 0.133. The molecule has 0 heterocycles. The van der Waals surface area contributed by atoms with Crippen LogP contribution in [0.1, 0.15) is 15.9 Å². The van der Waals surface area contributed by atoms with Crippen LogP contribution in [0.3, 0.4) is 0 Å². The maximum atomic E-state index is 12.2. The number of ether oxygens (including phenoxy) is 1. The predicted octanol–water partition coefficient (Wildman–Crippen LogP) is 2.56. The molecule has 110 valence electrons. The van der Waals surface area contributed by atoms with Crippen LogP contribution in [0.2, 0.25) is 5.02 Å². The molecule has 0 aliphatic carbocycles. The Kier molecular flexibility index (Phi) is 5.03. The van der Waals surface area contributed by atoms with Crippen molar-refractivity contribution in [1.29, 1.82) is 0 Å². The molecule has 0 aliphatic heterocycles. The molecule has 6 heteroatoms. The highest BCUT2D eigenvalue weighted by Crippen LogP contribution is 2.26. The van der Waals surface area contributed by atoms with E-state index < -0.39 is 0 Å². The number of hydrogen-bond acceptors (Lipinski definition) is 4. The van der Waals surface area contributed by atoms with Crippen molar-refractivity contribution in [2.45, 2.75) is 6.54 Å². The molecular weight excluding hydrogens is 290 g/mol. The number of hydrogen-bond donors (Lipinski definition) is 3. The van der Waals surface area contributed by atoms with Gasteiger partial charge in [-0.3, -0.25) is 10.6 Å². The summed E-state index contributed by atoms with van der Waals surface area (Å²) in [4.78, 5) is 12.2. The summed E-state index contributed by atoms with van der Waals surface area (Å²) in [5.74, 6) is 5.78. The van der Waals surface area contributed by atoms with Crippen molar-refractivity contribution in [3.63, 3.8) is 0 Å². The molecular formula is C15H16ClN3O2. The molecule has 2 rings (SSSR count). The van der Waals surface area contributed by atoms with Gasteiger partial charge in [0.2, 0.25) is 0 Å². The van der Waals surface area contributed by atoms with Crippen molar-refractivity contribution in [3.05, 3.63) is 58.6 Å². The Bertz CT molecular complexity index is 647. The lowest BCUT2D eigenvalue weighted by Crippen LogP contribution is -2.25. The number of nitrogen functional groups attached to an aromatic ring is 1. The highest BCUT2D eigenvalue weighted by molar-refractivity contribution is 6.31. The first-order valence-electron chi connectivity index (χ1n) is 6.32. The first-order chi connectivity index (χ1) is 10.2. The van der Waals surface area contributed by atoms with Gasteiger partial charge in [0.1, 0.15) is 5.75 Å². The Morgan fingerprint density at radius 2 is 2.00 bits per heavy atom. The lowest BCUT2D eigenvalue weighted by atomic mass is 10.1. The molecule has 1 amide bonds. The number of anilines is 1. The van der Waals surface area contributed by atoms with Crippen molar-refractivity contribution in [2.75, 3.05) is 12.5 Å². The van der Waals surface area contributed by atoms with Gasteiger partial charge in [-0.25, -0.2) is 0 Å². The smallest absolute Gasteiger partial charge is 0.253 e. The number of halogens is 1. The van der Waals surface area contributed by atoms with Gasteiger partial charge in [-0.15, -0.1) is 0 Å². The highest BCUT2D eigenvalue weighted by atomic mass is 35.5. The Hall–Kier alpha value is -2.24. The molecule has 4 N–H and O–H groups in total. The second-order valence-corrected chi connectivity index (χ2v) is 4.70. The van der Waals surface area contributed by atoms with Gasteiger partial charge < -0.3 is 15.5 Å². The van der Waals surface area contributed by atoms with E-state index >= 15 is 0 Å². The number of carbonyl (C=O) groups is 1. The molecule has 2 aromatic carbocycles. The van der Waals surface area contributed by atoms with Crippen molar-refractivity contribution >= 4 is 23.2 Å². The number of methoxy groups -OCH3 is 1. The minimum absolute atomic E-state index is 0.245. The average molecular weight is 306 g/mol. The number of hydrazine groups is 1. The maximum Gasteiger partial charge on any atom is 0.253 e. The van der Waals surface area contributed by atoms with Crippen LogP contribution in [0.4, 0.5) is 5.69 Å². The van der Waals surface area contributed by atoms with E-state index in [0.717, 1.165) is 5.56 Å². The first-order valence-corrected chi connectivity index (χ1v) is 6.70. The minimum atomic E-state index is -0.245. The summed E-state index contributed by atoms with van der Waals surface area (Å²) in [6.45, 7) is 0.264. The van der Waals surface area contributed by atoms with Crippen molar-refractivity contribution in [3.8, 4) is 5.75 Å². The van der Waals surface area contributed by atoms with Crippen molar-refractivity contribution in [2.24, 2.45) is 5.84 Å². The van der Waals surface area contributed by atoms with Crippen LogP contribution in [0, 0.1) is 0 Å². The van der Waals surface area contributed by atoms with E-state index in [1.165, 1.54) is 0 Å². The molecule has 21 heavy (non-hydrogen) atoms. The van der Waals surface area contributed by atoms with E-state index in [1.807, 2.05) is 0 Å². The van der Waals surface area contributed by atoms with Gasteiger partial charge in [0.05, 0.1) is 18.4 Å². The largest absolute Gasteiger partial charge is 0.496 e. The summed E-state index contributed by atoms with van der Waals surface area (Å²) >= 11 is 6.13. The van der Waals surface area contributed by atoms with Crippen molar-refractivity contribution < 1.29 is 9.53 Å². The summed E-state index contributed by atoms with van der Waals surface area (Å²) in [6, 6.07) is 12.3. The normalized spacial score (nSPS) is 10.0. The quantitative estimate of drug-likeness (QED) is 0.586. The molecule has 0 unspecified atom stereocenters. The Morgan fingerprint density at radius 1 is 1.24 bits per heavy atom. The molecule has 0 fully saturated rings. The summed E-state index contributed by atoms with van der Waals surface area (Å²) < 4.78 is 5.24. The molecule has 0 radical (unpaired) electrons. The van der Waals surface area contributed by atoms with E-state index in [1.54, 1.807) is 49.6 Å². The van der Waals surface area contributed by atoms with Crippen LogP contribution in [-0.4, -0.2) is 13.0 Å². The number of nitrogens with two attached hydrogens (primary N) is 1. The number of carbonyl (C=O) groups excluding carboxylic acids is 1. The minimum Gasteiger partial charge on any atom is -0.496 e. The SMILES string of the molecule is COc1cccc(Cl)c1CNC(=O)c1ccccc1NN. The van der Waals surface area contributed by atoms with E-state index in [4.69, 9.17) is 22.2 Å². The van der Waals surface area contributed by atoms with Crippen LogP contribution in [-0.2, 0) is 6.54 Å². The summed E-state index contributed by atoms with van der Waals surface area (Å²) in [5.41, 5.74) is 4.25. The average Bonchev–Trinajstić information content (AvgIpc) is 2.53. The van der Waals surface area contributed by atoms with Gasteiger partial charge in [0.25, 0.3) is 5.91 Å². The number of nitrogens with one attached hydrogen (secondary N) is 2. The summed E-state index contributed by atoms with van der Waals surface area (Å²) in [7, 11) is 1.56. The van der Waals surface area contributed by atoms with Gasteiger partial charge in [-0.2, -0.15) is 0 Å². The second-order valence-electron chi connectivity index (χ2n) is 4.29. The third kappa shape index (κ3) is 3.45. The predicted molar refractivity (Wildman–Crippen MR) is 83.4 cm³/mol. The molecule has 0 saturated heterocycles. The van der Waals surface area contributed by atoms with E-state index in [0.29, 0.717) is 22.0 Å². The number of benzene rings is 2. The fourth-order valence-electron chi connectivity index (χ4n) is 1.97. The maximum absolute atomic E-state index is 12.2. The van der Waals surface area contributed by atoms with E-state index in [2.05, 4.69) is 10.7 Å². The van der Waals surface area contributed by atoms with Crippen LogP contribution in [0.15, 0.2) is 42.5 Å². The Balaban J connectivity index is 2.15. The molecule has 5 nitrogen and oxygen atoms in total. The van der Waals surface area contributed by atoms with E-state index in [9.17, 15) is 4.79 Å². The standard InChI is InChI=1S/C15H16ClN3O2/c1-21-14-8-4-6-12(16)11(14)9-18-15(20)10-5-2-3-7-13(10)19-17/h2-8,19H,9,17H2,1H3,(H,18,20). The molecule has 0 atom stereocenters. The Labute approximate surface area is 128 Å². The number of rotatable bonds is 5. The molecule has 0 spiro atoms. The van der Waals surface area contributed by atoms with Crippen molar-refractivity contribution in [1.82, 2.24) is 5.32 Å². The first kappa shape index (κ1) is 15.2. The molecule has 0 aliphatic rings. The molecule has 0 saturated carbocycles. The monoisotopic (exact) mass is 305 g/mol. The van der Waals surface area contributed by atoms with Crippen LogP contribution in [0.25, 0.3) is 0 Å². The van der Waals surface area contributed by atoms with E-state index in [-0.39, 0.29) is 12.5 Å². The molecule has 0 aromatic heterocycles. The number of para-hydroxylation sites is 1. The molecule has 0 bridgehead atoms. The zero-order chi connectivity index (χ0) is 15.2. The topological polar surface area (TPSA) is 76.4 Å². The summed E-state index contributed by atoms with van der Waals surface area (Å²) in [5, 5.41) is 3.35. The molecule has 2 aromatic rings. The Morgan fingerprint density at radius 3 is 2.71 bits per heavy atom. The van der Waals surface area contributed by atoms with Gasteiger partial charge in [0.15, 0.2) is 0 Å². The second kappa shape index (κ2) is 6.97. The zero-order valence-electron chi connectivity index (χ0n) is 11.5. The third-order valence-electron chi connectivity index (χ3n) is 3.05. The van der Waals surface area contributed by atoms with Crippen LogP contribution < -0.4 is 21.3 Å². The fourth-order valence-corrected chi connectivity index (χ4v) is 2.21. The highest BCUT2D eigenvalue weighted by Gasteiger charge is 2.12. The van der Waals surface area contributed by atoms with Crippen LogP contribution >= 0.6 is 11.6 Å². The zero-order valence-corrected chi connectivity index (χ0v) is 12.3. The lowest BCUT2D eigenvalue weighted by Gasteiger charge is -2.12. The van der Waals surface area contributed by atoms with Gasteiger partial charge in [-0.1, -0.05) is 29.8 Å². The third-order valence-corrected chi connectivity index (χ3v) is 3.40. The van der Waals surface area contributed by atoms with Crippen LogP contribution in [0.5, 0.6) is 5.75 Å². The van der Waals surface area contributed by atoms with Gasteiger partial charge in [-0.05, 0) is 24.3 Å².